The van der Waals surface area contributed by atoms with Gasteiger partial charge in [-0.2, -0.15) is 13.2 Å². The molecule has 2 atom stereocenters. The number of benzene rings is 1. The first kappa shape index (κ1) is 14.0. The van der Waals surface area contributed by atoms with E-state index >= 15 is 0 Å². The average molecular weight is 274 g/mol. The van der Waals surface area contributed by atoms with Gasteiger partial charge in [0, 0.05) is 25.0 Å². The largest absolute Gasteiger partial charge is 0.418 e. The topological polar surface area (TPSA) is 38.5 Å². The fourth-order valence-corrected chi connectivity index (χ4v) is 2.50. The minimum Gasteiger partial charge on any atom is -0.399 e. The number of halogens is 3. The number of rotatable bonds is 2. The number of hydrogen-bond acceptors (Lipinski definition) is 3. The van der Waals surface area contributed by atoms with Gasteiger partial charge in [-0.25, -0.2) is 0 Å². The van der Waals surface area contributed by atoms with Crippen molar-refractivity contribution >= 4 is 11.4 Å². The molecule has 0 aliphatic carbocycles. The van der Waals surface area contributed by atoms with Crippen LogP contribution in [0.1, 0.15) is 18.9 Å². The van der Waals surface area contributed by atoms with Crippen LogP contribution in [0.25, 0.3) is 0 Å². The molecule has 6 heteroatoms. The van der Waals surface area contributed by atoms with Gasteiger partial charge in [-0.1, -0.05) is 0 Å². The Hall–Kier alpha value is -1.43. The first-order valence-electron chi connectivity index (χ1n) is 6.12. The molecule has 1 fully saturated rings. The molecule has 1 aliphatic rings. The predicted molar refractivity (Wildman–Crippen MR) is 68.1 cm³/mol. The normalized spacial score (nSPS) is 23.6. The molecule has 1 heterocycles. The highest BCUT2D eigenvalue weighted by Gasteiger charge is 2.37. The minimum absolute atomic E-state index is 0.0512. The molecular weight excluding hydrogens is 257 g/mol. The number of nitrogens with zero attached hydrogens (tertiary/aromatic N) is 1. The monoisotopic (exact) mass is 274 g/mol. The Morgan fingerprint density at radius 2 is 2.05 bits per heavy atom. The zero-order valence-corrected chi connectivity index (χ0v) is 10.9. The lowest BCUT2D eigenvalue weighted by Crippen LogP contribution is -2.37. The molecule has 1 aliphatic heterocycles. The van der Waals surface area contributed by atoms with Gasteiger partial charge in [-0.15, -0.1) is 0 Å². The number of alkyl halides is 3. The summed E-state index contributed by atoms with van der Waals surface area (Å²) in [7, 11) is 1.66. The van der Waals surface area contributed by atoms with Crippen molar-refractivity contribution in [2.75, 3.05) is 24.3 Å². The lowest BCUT2D eigenvalue weighted by Gasteiger charge is -2.31. The maximum atomic E-state index is 13.1. The maximum absolute atomic E-state index is 13.1. The van der Waals surface area contributed by atoms with Gasteiger partial charge in [0.25, 0.3) is 0 Å². The van der Waals surface area contributed by atoms with Crippen LogP contribution in [0, 0.1) is 0 Å². The molecule has 3 nitrogen and oxygen atoms in total. The van der Waals surface area contributed by atoms with Crippen molar-refractivity contribution in [2.24, 2.45) is 0 Å². The highest BCUT2D eigenvalue weighted by atomic mass is 19.4. The number of hydrogen-bond donors (Lipinski definition) is 1. The van der Waals surface area contributed by atoms with E-state index in [1.807, 2.05) is 6.92 Å². The van der Waals surface area contributed by atoms with E-state index < -0.39 is 11.7 Å². The molecule has 1 aromatic carbocycles. The summed E-state index contributed by atoms with van der Waals surface area (Å²) >= 11 is 0. The number of anilines is 2. The number of nitrogens with two attached hydrogens (primary N) is 1. The van der Waals surface area contributed by atoms with Gasteiger partial charge in [0.1, 0.15) is 0 Å². The molecule has 2 rings (SSSR count). The van der Waals surface area contributed by atoms with Crippen molar-refractivity contribution in [1.82, 2.24) is 0 Å². The third-order valence-electron chi connectivity index (χ3n) is 3.54. The Morgan fingerprint density at radius 3 is 2.58 bits per heavy atom. The third-order valence-corrected chi connectivity index (χ3v) is 3.54. The smallest absolute Gasteiger partial charge is 0.399 e. The maximum Gasteiger partial charge on any atom is 0.418 e. The number of likely N-dealkylation sites (N-methyl/N-ethyl adjacent to an activating group) is 1. The zero-order valence-electron chi connectivity index (χ0n) is 10.9. The molecule has 1 saturated heterocycles. The zero-order chi connectivity index (χ0) is 14.2. The highest BCUT2D eigenvalue weighted by molar-refractivity contribution is 5.61. The lowest BCUT2D eigenvalue weighted by atomic mass is 10.1. The van der Waals surface area contributed by atoms with Crippen LogP contribution in [-0.4, -0.2) is 25.8 Å². The Bertz CT molecular complexity index is 462. The van der Waals surface area contributed by atoms with Crippen LogP contribution in [-0.2, 0) is 10.9 Å². The van der Waals surface area contributed by atoms with Crippen LogP contribution in [0.2, 0.25) is 0 Å². The molecule has 0 amide bonds. The average Bonchev–Trinajstić information content (AvgIpc) is 2.73. The van der Waals surface area contributed by atoms with Crippen LogP contribution in [0.3, 0.4) is 0 Å². The number of nitrogen functional groups attached to an aromatic ring is 1. The molecule has 0 saturated carbocycles. The Balaban J connectivity index is 2.38. The first-order valence-corrected chi connectivity index (χ1v) is 6.12. The van der Waals surface area contributed by atoms with E-state index in [9.17, 15) is 13.2 Å². The minimum atomic E-state index is -4.42. The van der Waals surface area contributed by atoms with Gasteiger partial charge in [0.15, 0.2) is 0 Å². The summed E-state index contributed by atoms with van der Waals surface area (Å²) in [5, 5.41) is 0. The van der Waals surface area contributed by atoms with Gasteiger partial charge >= 0.3 is 6.18 Å². The van der Waals surface area contributed by atoms with Gasteiger partial charge in [0.05, 0.1) is 17.7 Å². The fraction of sp³-hybridized carbons (Fsp3) is 0.538. The molecule has 0 radical (unpaired) electrons. The van der Waals surface area contributed by atoms with Crippen molar-refractivity contribution in [3.63, 3.8) is 0 Å². The molecule has 2 N–H and O–H groups in total. The fourth-order valence-electron chi connectivity index (χ4n) is 2.50. The van der Waals surface area contributed by atoms with Crippen molar-refractivity contribution in [3.05, 3.63) is 23.8 Å². The Labute approximate surface area is 110 Å². The van der Waals surface area contributed by atoms with Crippen LogP contribution in [0.4, 0.5) is 24.5 Å². The van der Waals surface area contributed by atoms with Gasteiger partial charge in [0.2, 0.25) is 0 Å². The Morgan fingerprint density at radius 1 is 1.37 bits per heavy atom. The van der Waals surface area contributed by atoms with Crippen LogP contribution in [0.15, 0.2) is 18.2 Å². The van der Waals surface area contributed by atoms with E-state index in [4.69, 9.17) is 10.5 Å². The molecule has 2 unspecified atom stereocenters. The van der Waals surface area contributed by atoms with E-state index in [0.29, 0.717) is 6.61 Å². The SMILES string of the molecule is CC1OCCC1N(C)c1ccc(N)cc1C(F)(F)F. The van der Waals surface area contributed by atoms with Gasteiger partial charge in [-0.3, -0.25) is 0 Å². The van der Waals surface area contributed by atoms with Crippen molar-refractivity contribution < 1.29 is 17.9 Å². The molecule has 0 aromatic heterocycles. The molecular formula is C13H17F3N2O. The van der Waals surface area contributed by atoms with Crippen molar-refractivity contribution in [2.45, 2.75) is 31.7 Å². The van der Waals surface area contributed by atoms with E-state index in [-0.39, 0.29) is 23.5 Å². The second-order valence-electron chi connectivity index (χ2n) is 4.82. The third kappa shape index (κ3) is 2.78. The summed E-state index contributed by atoms with van der Waals surface area (Å²) < 4.78 is 44.6. The lowest BCUT2D eigenvalue weighted by molar-refractivity contribution is -0.137. The molecule has 19 heavy (non-hydrogen) atoms. The summed E-state index contributed by atoms with van der Waals surface area (Å²) in [6.07, 6.45) is -3.77. The van der Waals surface area contributed by atoms with Crippen LogP contribution in [0.5, 0.6) is 0 Å². The van der Waals surface area contributed by atoms with Crippen LogP contribution < -0.4 is 10.6 Å². The van der Waals surface area contributed by atoms with Crippen molar-refractivity contribution in [3.8, 4) is 0 Å². The molecule has 0 bridgehead atoms. The van der Waals surface area contributed by atoms with Gasteiger partial charge < -0.3 is 15.4 Å². The van der Waals surface area contributed by atoms with Crippen molar-refractivity contribution in [1.29, 1.82) is 0 Å². The van der Waals surface area contributed by atoms with Crippen LogP contribution >= 0.6 is 0 Å². The summed E-state index contributed by atoms with van der Waals surface area (Å²) in [5.74, 6) is 0. The van der Waals surface area contributed by atoms with E-state index in [0.717, 1.165) is 12.5 Å². The Kier molecular flexibility index (Phi) is 3.62. The molecule has 106 valence electrons. The molecule has 1 aromatic rings. The second-order valence-corrected chi connectivity index (χ2v) is 4.82. The second kappa shape index (κ2) is 4.92. The highest BCUT2D eigenvalue weighted by Crippen LogP contribution is 2.39. The predicted octanol–water partition coefficient (Wildman–Crippen LogP) is 2.90. The summed E-state index contributed by atoms with van der Waals surface area (Å²) in [4.78, 5) is 1.64. The summed E-state index contributed by atoms with van der Waals surface area (Å²) in [5.41, 5.74) is 5.02. The van der Waals surface area contributed by atoms with Gasteiger partial charge in [-0.05, 0) is 31.5 Å². The standard InChI is InChI=1S/C13H17F3N2O/c1-8-11(5-6-19-8)18(2)12-4-3-9(17)7-10(12)13(14,15)16/h3-4,7-8,11H,5-6,17H2,1-2H3. The summed E-state index contributed by atoms with van der Waals surface area (Å²) in [6.45, 7) is 2.45. The summed E-state index contributed by atoms with van der Waals surface area (Å²) in [6, 6.07) is 3.83. The first-order chi connectivity index (χ1) is 8.80. The van der Waals surface area contributed by atoms with E-state index in [1.165, 1.54) is 12.1 Å². The van der Waals surface area contributed by atoms with E-state index in [2.05, 4.69) is 0 Å². The number of ether oxygens (including phenoxy) is 1. The van der Waals surface area contributed by atoms with E-state index in [1.54, 1.807) is 11.9 Å². The quantitative estimate of drug-likeness (QED) is 0.843. The molecule has 0 spiro atoms.